The van der Waals surface area contributed by atoms with Crippen LogP contribution in [-0.2, 0) is 15.6 Å². The first-order valence-corrected chi connectivity index (χ1v) is 11.4. The van der Waals surface area contributed by atoms with E-state index in [1.807, 2.05) is 51.1 Å². The van der Waals surface area contributed by atoms with Gasteiger partial charge in [0.15, 0.2) is 0 Å². The van der Waals surface area contributed by atoms with E-state index in [0.717, 1.165) is 5.69 Å². The van der Waals surface area contributed by atoms with Gasteiger partial charge in [0.25, 0.3) is 15.9 Å². The zero-order valence-electron chi connectivity index (χ0n) is 18.7. The minimum absolute atomic E-state index is 0.153. The second-order valence-corrected chi connectivity index (χ2v) is 10.1. The van der Waals surface area contributed by atoms with Gasteiger partial charge in [0.2, 0.25) is 0 Å². The Kier molecular flexibility index (Phi) is 5.96. The third kappa shape index (κ3) is 4.64. The minimum atomic E-state index is -3.89. The third-order valence-corrected chi connectivity index (χ3v) is 6.57. The number of rotatable bonds is 5. The smallest absolute Gasteiger partial charge is 0.265 e. The van der Waals surface area contributed by atoms with Crippen molar-refractivity contribution in [2.45, 2.75) is 45.1 Å². The lowest BCUT2D eigenvalue weighted by Crippen LogP contribution is -2.26. The molecule has 3 rings (SSSR count). The summed E-state index contributed by atoms with van der Waals surface area (Å²) >= 11 is 0. The normalized spacial score (nSPS) is 11.9. The molecule has 0 atom stereocenters. The van der Waals surface area contributed by atoms with Gasteiger partial charge in [0.1, 0.15) is 4.90 Å². The molecule has 1 amide bonds. The van der Waals surface area contributed by atoms with Crippen molar-refractivity contribution >= 4 is 27.3 Å². The molecule has 0 radical (unpaired) electrons. The summed E-state index contributed by atoms with van der Waals surface area (Å²) in [5, 5.41) is 4.43. The molecular weight excluding hydrogens is 412 g/mol. The number of aryl methyl sites for hydroxylation is 1. The van der Waals surface area contributed by atoms with E-state index in [0.29, 0.717) is 22.6 Å². The first-order valence-electron chi connectivity index (χ1n) is 9.94. The molecule has 3 aromatic rings. The highest BCUT2D eigenvalue weighted by atomic mass is 32.2. The number of benzene rings is 2. The van der Waals surface area contributed by atoms with Crippen molar-refractivity contribution in [3.05, 3.63) is 71.5 Å². The molecule has 0 aliphatic heterocycles. The SMILES string of the molecule is Cc1nn(C(C)(C)C)c(C)c1S(=O)(=O)Nc1cccc(C(=O)N(C)c2ccccc2)c1. The molecule has 0 saturated carbocycles. The lowest BCUT2D eigenvalue weighted by Gasteiger charge is -2.21. The number of carbonyl (C=O) groups is 1. The number of carbonyl (C=O) groups excluding carboxylic acids is 1. The van der Waals surface area contributed by atoms with Crippen molar-refractivity contribution in [2.75, 3.05) is 16.7 Å². The van der Waals surface area contributed by atoms with Gasteiger partial charge in [-0.25, -0.2) is 8.42 Å². The molecule has 31 heavy (non-hydrogen) atoms. The van der Waals surface area contributed by atoms with E-state index in [4.69, 9.17) is 0 Å². The summed E-state index contributed by atoms with van der Waals surface area (Å²) in [4.78, 5) is 14.6. The fourth-order valence-corrected chi connectivity index (χ4v) is 5.00. The van der Waals surface area contributed by atoms with Crippen molar-refractivity contribution in [2.24, 2.45) is 0 Å². The topological polar surface area (TPSA) is 84.3 Å². The number of amides is 1. The average Bonchev–Trinajstić information content (AvgIpc) is 3.02. The second kappa shape index (κ2) is 8.19. The molecule has 0 bridgehead atoms. The van der Waals surface area contributed by atoms with E-state index >= 15 is 0 Å². The molecule has 1 N–H and O–H groups in total. The zero-order chi connectivity index (χ0) is 23.0. The lowest BCUT2D eigenvalue weighted by molar-refractivity contribution is 0.0993. The van der Waals surface area contributed by atoms with E-state index in [9.17, 15) is 13.2 Å². The van der Waals surface area contributed by atoms with Gasteiger partial charge in [0, 0.05) is 24.0 Å². The average molecular weight is 441 g/mol. The van der Waals surface area contributed by atoms with Crippen LogP contribution in [0.3, 0.4) is 0 Å². The molecule has 0 unspecified atom stereocenters. The summed E-state index contributed by atoms with van der Waals surface area (Å²) in [7, 11) is -2.20. The van der Waals surface area contributed by atoms with Crippen LogP contribution < -0.4 is 9.62 Å². The van der Waals surface area contributed by atoms with Gasteiger partial charge in [-0.15, -0.1) is 0 Å². The van der Waals surface area contributed by atoms with Crippen LogP contribution in [0.25, 0.3) is 0 Å². The first-order chi connectivity index (χ1) is 14.4. The van der Waals surface area contributed by atoms with Crippen molar-refractivity contribution in [1.82, 2.24) is 9.78 Å². The monoisotopic (exact) mass is 440 g/mol. The van der Waals surface area contributed by atoms with Crippen LogP contribution in [0.1, 0.15) is 42.5 Å². The van der Waals surface area contributed by atoms with Crippen LogP contribution in [0.5, 0.6) is 0 Å². The summed E-state index contributed by atoms with van der Waals surface area (Å²) in [5.41, 5.74) is 2.08. The number of nitrogens with zero attached hydrogens (tertiary/aromatic N) is 3. The second-order valence-electron chi connectivity index (χ2n) is 8.47. The number of hydrogen-bond donors (Lipinski definition) is 1. The Morgan fingerprint density at radius 2 is 1.68 bits per heavy atom. The quantitative estimate of drug-likeness (QED) is 0.640. The van der Waals surface area contributed by atoms with Crippen LogP contribution in [0.15, 0.2) is 59.5 Å². The van der Waals surface area contributed by atoms with Gasteiger partial charge >= 0.3 is 0 Å². The molecule has 7 nitrogen and oxygen atoms in total. The van der Waals surface area contributed by atoms with Crippen LogP contribution in [0, 0.1) is 13.8 Å². The lowest BCUT2D eigenvalue weighted by atomic mass is 10.1. The van der Waals surface area contributed by atoms with Crippen molar-refractivity contribution in [1.29, 1.82) is 0 Å². The van der Waals surface area contributed by atoms with Crippen molar-refractivity contribution in [3.8, 4) is 0 Å². The predicted molar refractivity (Wildman–Crippen MR) is 123 cm³/mol. The van der Waals surface area contributed by atoms with Crippen LogP contribution in [0.4, 0.5) is 11.4 Å². The molecule has 0 aliphatic carbocycles. The van der Waals surface area contributed by atoms with Gasteiger partial charge in [-0.1, -0.05) is 24.3 Å². The summed E-state index contributed by atoms with van der Waals surface area (Å²) in [5.74, 6) is -0.236. The molecule has 2 aromatic carbocycles. The van der Waals surface area contributed by atoms with E-state index < -0.39 is 10.0 Å². The molecular formula is C23H28N4O3S. The number of sulfonamides is 1. The maximum atomic E-state index is 13.2. The van der Waals surface area contributed by atoms with E-state index in [2.05, 4.69) is 9.82 Å². The van der Waals surface area contributed by atoms with Gasteiger partial charge < -0.3 is 4.90 Å². The Morgan fingerprint density at radius 3 is 2.26 bits per heavy atom. The van der Waals surface area contributed by atoms with Gasteiger partial charge in [-0.2, -0.15) is 5.10 Å². The molecule has 1 aromatic heterocycles. The first kappa shape index (κ1) is 22.6. The minimum Gasteiger partial charge on any atom is -0.311 e. The molecule has 164 valence electrons. The Labute approximate surface area is 183 Å². The molecule has 1 heterocycles. The van der Waals surface area contributed by atoms with E-state index in [1.165, 1.54) is 11.0 Å². The third-order valence-electron chi connectivity index (χ3n) is 4.94. The fraction of sp³-hybridized carbons (Fsp3) is 0.304. The highest BCUT2D eigenvalue weighted by Crippen LogP contribution is 2.27. The molecule has 0 saturated heterocycles. The number of hydrogen-bond acceptors (Lipinski definition) is 4. The fourth-order valence-electron chi connectivity index (χ4n) is 3.55. The van der Waals surface area contributed by atoms with E-state index in [1.54, 1.807) is 43.8 Å². The van der Waals surface area contributed by atoms with Crippen LogP contribution >= 0.6 is 0 Å². The summed E-state index contributed by atoms with van der Waals surface area (Å²) in [6.45, 7) is 9.32. The molecule has 0 fully saturated rings. The maximum Gasteiger partial charge on any atom is 0.265 e. The molecule has 8 heteroatoms. The van der Waals surface area contributed by atoms with Gasteiger partial charge in [-0.05, 0) is 65.0 Å². The zero-order valence-corrected chi connectivity index (χ0v) is 19.5. The molecule has 0 spiro atoms. The Morgan fingerprint density at radius 1 is 1.03 bits per heavy atom. The van der Waals surface area contributed by atoms with Gasteiger partial charge in [0.05, 0.1) is 16.9 Å². The van der Waals surface area contributed by atoms with E-state index in [-0.39, 0.29) is 16.3 Å². The molecule has 0 aliphatic rings. The van der Waals surface area contributed by atoms with Crippen LogP contribution in [0.2, 0.25) is 0 Å². The largest absolute Gasteiger partial charge is 0.311 e. The highest BCUT2D eigenvalue weighted by molar-refractivity contribution is 7.92. The predicted octanol–water partition coefficient (Wildman–Crippen LogP) is 4.33. The summed E-state index contributed by atoms with van der Waals surface area (Å²) in [6.07, 6.45) is 0. The van der Waals surface area contributed by atoms with Crippen LogP contribution in [-0.4, -0.2) is 31.2 Å². The number of para-hydroxylation sites is 1. The summed E-state index contributed by atoms with van der Waals surface area (Å²) in [6, 6.07) is 15.7. The van der Waals surface area contributed by atoms with Crippen molar-refractivity contribution in [3.63, 3.8) is 0 Å². The Bertz CT molecular complexity index is 1210. The van der Waals surface area contributed by atoms with Gasteiger partial charge in [-0.3, -0.25) is 14.2 Å². The Hall–Kier alpha value is -3.13. The highest BCUT2D eigenvalue weighted by Gasteiger charge is 2.28. The number of aromatic nitrogens is 2. The Balaban J connectivity index is 1.91. The number of nitrogens with one attached hydrogen (secondary N) is 1. The maximum absolute atomic E-state index is 13.2. The summed E-state index contributed by atoms with van der Waals surface area (Å²) < 4.78 is 30.6. The number of anilines is 2. The standard InChI is InChI=1S/C23H28N4O3S/c1-16-21(17(2)27(24-16)23(3,4)5)31(29,30)25-19-12-10-11-18(15-19)22(28)26(6)20-13-8-7-9-14-20/h7-15,25H,1-6H3. The van der Waals surface area contributed by atoms with Crippen molar-refractivity contribution < 1.29 is 13.2 Å².